The number of rotatable bonds is 2. The van der Waals surface area contributed by atoms with Gasteiger partial charge in [0.2, 0.25) is 0 Å². The molecule has 1 saturated carbocycles. The van der Waals surface area contributed by atoms with E-state index >= 15 is 0 Å². The van der Waals surface area contributed by atoms with Gasteiger partial charge in [-0.3, -0.25) is 0 Å². The van der Waals surface area contributed by atoms with Crippen LogP contribution >= 0.6 is 0 Å². The molecular formula is C23H34N2O2. The summed E-state index contributed by atoms with van der Waals surface area (Å²) in [5.41, 5.74) is 1.04. The van der Waals surface area contributed by atoms with Gasteiger partial charge in [-0.05, 0) is 52.0 Å². The molecule has 0 radical (unpaired) electrons. The smallest absolute Gasteiger partial charge is 0.410 e. The number of hydrogen-bond donors (Lipinski definition) is 1. The van der Waals surface area contributed by atoms with E-state index in [1.807, 2.05) is 20.8 Å². The Kier molecular flexibility index (Phi) is 4.74. The fourth-order valence-corrected chi connectivity index (χ4v) is 5.71. The third kappa shape index (κ3) is 3.49. The van der Waals surface area contributed by atoms with Crippen LogP contribution in [-0.4, -0.2) is 40.8 Å². The van der Waals surface area contributed by atoms with Gasteiger partial charge in [0.15, 0.2) is 0 Å². The molecule has 5 atom stereocenters. The molecule has 4 heteroatoms. The van der Waals surface area contributed by atoms with Crippen molar-refractivity contribution in [3.8, 4) is 0 Å². The number of amides is 1. The van der Waals surface area contributed by atoms with Crippen molar-refractivity contribution in [2.24, 2.45) is 5.41 Å². The van der Waals surface area contributed by atoms with Crippen molar-refractivity contribution in [1.29, 1.82) is 0 Å². The number of nitrogens with zero attached hydrogens (tertiary/aromatic N) is 1. The molecule has 3 aliphatic rings. The molecule has 148 valence electrons. The molecule has 1 N–H and O–H groups in total. The van der Waals surface area contributed by atoms with Crippen LogP contribution in [0.5, 0.6) is 0 Å². The maximum atomic E-state index is 13.2. The molecule has 3 fully saturated rings. The van der Waals surface area contributed by atoms with E-state index in [0.717, 1.165) is 19.3 Å². The zero-order valence-corrected chi connectivity index (χ0v) is 17.2. The van der Waals surface area contributed by atoms with Gasteiger partial charge < -0.3 is 15.0 Å². The largest absolute Gasteiger partial charge is 0.444 e. The van der Waals surface area contributed by atoms with Crippen molar-refractivity contribution in [3.05, 3.63) is 35.9 Å². The molecule has 4 nitrogen and oxygen atoms in total. The summed E-state index contributed by atoms with van der Waals surface area (Å²) in [4.78, 5) is 15.4. The summed E-state index contributed by atoms with van der Waals surface area (Å²) in [6.45, 7) is 8.29. The first-order chi connectivity index (χ1) is 12.8. The van der Waals surface area contributed by atoms with Gasteiger partial charge in [0.1, 0.15) is 5.60 Å². The molecule has 2 heterocycles. The van der Waals surface area contributed by atoms with E-state index in [0.29, 0.717) is 12.1 Å². The molecular weight excluding hydrogens is 336 g/mol. The zero-order chi connectivity index (χ0) is 19.2. The van der Waals surface area contributed by atoms with Crippen molar-refractivity contribution < 1.29 is 9.53 Å². The van der Waals surface area contributed by atoms with E-state index < -0.39 is 5.60 Å². The van der Waals surface area contributed by atoms with Crippen molar-refractivity contribution >= 4 is 6.09 Å². The van der Waals surface area contributed by atoms with E-state index in [-0.39, 0.29) is 23.6 Å². The van der Waals surface area contributed by atoms with Crippen LogP contribution in [-0.2, 0) is 11.2 Å². The van der Waals surface area contributed by atoms with E-state index in [1.165, 1.54) is 24.8 Å². The molecule has 2 saturated heterocycles. The fraction of sp³-hybridized carbons (Fsp3) is 0.696. The second-order valence-corrected chi connectivity index (χ2v) is 9.98. The van der Waals surface area contributed by atoms with Crippen molar-refractivity contribution in [3.63, 3.8) is 0 Å². The molecule has 2 aliphatic heterocycles. The van der Waals surface area contributed by atoms with E-state index in [4.69, 9.17) is 4.74 Å². The van der Waals surface area contributed by atoms with Crippen LogP contribution in [0.2, 0.25) is 0 Å². The second kappa shape index (κ2) is 6.80. The Hall–Kier alpha value is -1.55. The monoisotopic (exact) mass is 370 g/mol. The molecule has 0 spiro atoms. The number of nitrogens with one attached hydrogen (secondary N) is 1. The highest BCUT2D eigenvalue weighted by molar-refractivity contribution is 5.70. The Morgan fingerprint density at radius 1 is 1.22 bits per heavy atom. The maximum absolute atomic E-state index is 13.2. The Labute approximate surface area is 163 Å². The lowest BCUT2D eigenvalue weighted by atomic mass is 9.70. The van der Waals surface area contributed by atoms with E-state index in [1.54, 1.807) is 0 Å². The molecule has 4 rings (SSSR count). The van der Waals surface area contributed by atoms with Gasteiger partial charge in [0.25, 0.3) is 0 Å². The molecule has 0 unspecified atom stereocenters. The zero-order valence-electron chi connectivity index (χ0n) is 17.2. The lowest BCUT2D eigenvalue weighted by Gasteiger charge is -2.43. The lowest BCUT2D eigenvalue weighted by Crippen LogP contribution is -2.57. The van der Waals surface area contributed by atoms with Crippen molar-refractivity contribution in [2.75, 3.05) is 0 Å². The second-order valence-electron chi connectivity index (χ2n) is 9.98. The van der Waals surface area contributed by atoms with Gasteiger partial charge in [-0.1, -0.05) is 50.1 Å². The van der Waals surface area contributed by atoms with E-state index in [9.17, 15) is 4.79 Å². The average Bonchev–Trinajstić information content (AvgIpc) is 2.75. The third-order valence-electron chi connectivity index (χ3n) is 6.90. The highest BCUT2D eigenvalue weighted by Gasteiger charge is 2.60. The van der Waals surface area contributed by atoms with Crippen LogP contribution in [0.25, 0.3) is 0 Å². The highest BCUT2D eigenvalue weighted by atomic mass is 16.6. The predicted molar refractivity (Wildman–Crippen MR) is 108 cm³/mol. The first-order valence-electron chi connectivity index (χ1n) is 10.6. The molecule has 1 aromatic rings. The minimum Gasteiger partial charge on any atom is -0.444 e. The maximum Gasteiger partial charge on any atom is 0.410 e. The number of carbonyl (C=O) groups excluding carboxylic acids is 1. The quantitative estimate of drug-likeness (QED) is 0.832. The Morgan fingerprint density at radius 2 is 1.93 bits per heavy atom. The summed E-state index contributed by atoms with van der Waals surface area (Å²) in [5, 5.41) is 3.97. The number of ether oxygens (including phenoxy) is 1. The Morgan fingerprint density at radius 3 is 2.63 bits per heavy atom. The first kappa shape index (κ1) is 18.8. The molecule has 1 aliphatic carbocycles. The van der Waals surface area contributed by atoms with Gasteiger partial charge in [0, 0.05) is 23.5 Å². The Bertz CT molecular complexity index is 683. The predicted octanol–water partition coefficient (Wildman–Crippen LogP) is 4.53. The van der Waals surface area contributed by atoms with Gasteiger partial charge in [-0.25, -0.2) is 4.79 Å². The van der Waals surface area contributed by atoms with Crippen LogP contribution in [0.1, 0.15) is 65.4 Å². The molecule has 1 amide bonds. The van der Waals surface area contributed by atoms with Crippen molar-refractivity contribution in [2.45, 2.75) is 96.0 Å². The lowest BCUT2D eigenvalue weighted by molar-refractivity contribution is 0.00949. The topological polar surface area (TPSA) is 41.6 Å². The number of fused-ring (bicyclic) bond motifs is 1. The normalized spacial score (nSPS) is 35.6. The minimum atomic E-state index is -0.457. The summed E-state index contributed by atoms with van der Waals surface area (Å²) in [6.07, 6.45) is 6.69. The number of carbonyl (C=O) groups is 1. The minimum absolute atomic E-state index is 0.122. The summed E-state index contributed by atoms with van der Waals surface area (Å²) < 4.78 is 5.86. The fourth-order valence-electron chi connectivity index (χ4n) is 5.71. The third-order valence-corrected chi connectivity index (χ3v) is 6.90. The molecule has 0 aromatic heterocycles. The van der Waals surface area contributed by atoms with Gasteiger partial charge >= 0.3 is 6.09 Å². The van der Waals surface area contributed by atoms with Gasteiger partial charge in [-0.15, -0.1) is 0 Å². The van der Waals surface area contributed by atoms with Gasteiger partial charge in [0.05, 0.1) is 6.04 Å². The first-order valence-corrected chi connectivity index (χ1v) is 10.6. The Balaban J connectivity index is 1.66. The summed E-state index contributed by atoms with van der Waals surface area (Å²) >= 11 is 0. The van der Waals surface area contributed by atoms with E-state index in [2.05, 4.69) is 47.5 Å². The number of likely N-dealkylation sites (tertiary alicyclic amines) is 1. The number of hydrogen-bond acceptors (Lipinski definition) is 3. The van der Waals surface area contributed by atoms with Crippen molar-refractivity contribution in [1.82, 2.24) is 10.2 Å². The summed E-state index contributed by atoms with van der Waals surface area (Å²) in [7, 11) is 0. The SMILES string of the molecule is CC(C)(C)OC(=O)N1[C@H]2C[C@]3(C)[C@@H](CCCC[C@@H]13)N[C@@H]2Cc1ccccc1. The number of benzene rings is 1. The molecule has 2 bridgehead atoms. The van der Waals surface area contributed by atoms with Crippen LogP contribution in [0.3, 0.4) is 0 Å². The highest BCUT2D eigenvalue weighted by Crippen LogP contribution is 2.52. The van der Waals surface area contributed by atoms with Crippen LogP contribution in [0, 0.1) is 5.41 Å². The van der Waals surface area contributed by atoms with Crippen LogP contribution in [0.4, 0.5) is 4.79 Å². The molecule has 27 heavy (non-hydrogen) atoms. The summed E-state index contributed by atoms with van der Waals surface area (Å²) in [5.74, 6) is 0. The average molecular weight is 371 g/mol. The number of piperidine rings is 1. The van der Waals surface area contributed by atoms with Crippen LogP contribution < -0.4 is 5.32 Å². The van der Waals surface area contributed by atoms with Gasteiger partial charge in [-0.2, -0.15) is 0 Å². The summed E-state index contributed by atoms with van der Waals surface area (Å²) in [6, 6.07) is 11.9. The standard InChI is InChI=1S/C23H34N2O2/c1-22(2,3)27-21(26)25-18-15-23(4)19(12-8-9-13-20(23)25)24-17(18)14-16-10-6-5-7-11-16/h5-7,10-11,17-20,24H,8-9,12-15H2,1-4H3/t17-,18+,19-,20-,23-/m1/s1. The van der Waals surface area contributed by atoms with Crippen LogP contribution in [0.15, 0.2) is 30.3 Å². The molecule has 1 aromatic carbocycles.